The molecule has 0 aliphatic carbocycles. The van der Waals surface area contributed by atoms with Gasteiger partial charge in [-0.25, -0.2) is 9.69 Å². The van der Waals surface area contributed by atoms with Crippen molar-refractivity contribution in [2.24, 2.45) is 0 Å². The van der Waals surface area contributed by atoms with Gasteiger partial charge in [-0.05, 0) is 73.5 Å². The Kier molecular flexibility index (Phi) is 8.20. The molecule has 0 radical (unpaired) electrons. The monoisotopic (exact) mass is 615 g/mol. The van der Waals surface area contributed by atoms with Crippen LogP contribution in [-0.4, -0.2) is 30.4 Å². The van der Waals surface area contributed by atoms with Crippen LogP contribution in [0.5, 0.6) is 5.75 Å². The van der Waals surface area contributed by atoms with Crippen molar-refractivity contribution in [3.05, 3.63) is 91.4 Å². The number of nitrogens with zero attached hydrogens (tertiary/aromatic N) is 1. The highest BCUT2D eigenvalue weighted by atomic mass is 79.9. The largest absolute Gasteiger partial charge is 0.483 e. The van der Waals surface area contributed by atoms with Gasteiger partial charge in [0.25, 0.3) is 17.7 Å². The number of anilines is 2. The average molecular weight is 617 g/mol. The molecule has 0 atom stereocenters. The molecule has 8 nitrogen and oxygen atoms in total. The van der Waals surface area contributed by atoms with Crippen molar-refractivity contribution < 1.29 is 23.9 Å². The molecule has 5 amide bonds. The summed E-state index contributed by atoms with van der Waals surface area (Å²) >= 11 is 15.6. The second-order valence-electron chi connectivity index (χ2n) is 8.37. The second-order valence-corrected chi connectivity index (χ2v) is 10.1. The number of halogens is 3. The Morgan fingerprint density at radius 2 is 1.76 bits per heavy atom. The summed E-state index contributed by atoms with van der Waals surface area (Å²) in [4.78, 5) is 51.9. The van der Waals surface area contributed by atoms with E-state index >= 15 is 0 Å². The predicted molar refractivity (Wildman–Crippen MR) is 150 cm³/mol. The van der Waals surface area contributed by atoms with Crippen LogP contribution in [0.25, 0.3) is 6.08 Å². The van der Waals surface area contributed by atoms with Gasteiger partial charge >= 0.3 is 6.03 Å². The lowest BCUT2D eigenvalue weighted by Crippen LogP contribution is -2.54. The number of hydrogen-bond donors (Lipinski definition) is 2. The number of carbonyl (C=O) groups is 4. The van der Waals surface area contributed by atoms with E-state index in [1.165, 1.54) is 12.1 Å². The van der Waals surface area contributed by atoms with Crippen LogP contribution in [0.3, 0.4) is 0 Å². The van der Waals surface area contributed by atoms with Gasteiger partial charge in [-0.3, -0.25) is 19.7 Å². The summed E-state index contributed by atoms with van der Waals surface area (Å²) in [5, 5.41) is 5.72. The topological polar surface area (TPSA) is 105 Å². The molecular formula is C27H20BrCl2N3O5. The standard InChI is InChI=1S/C27H20BrCl2N3O5/c1-14-4-7-19(12-21(14)30)31-24(34)13-38-23-8-5-17(28)9-16(23)10-20-25(35)32-27(37)33(26(20)36)22-11-18(29)6-3-15(22)2/h3-12H,13H2,1-2H3,(H,31,34)(H,32,35,37)/b20-10+. The van der Waals surface area contributed by atoms with Gasteiger partial charge in [0.05, 0.1) is 5.69 Å². The fourth-order valence-corrected chi connectivity index (χ4v) is 4.36. The Labute approximate surface area is 236 Å². The molecule has 4 rings (SSSR count). The number of urea groups is 1. The highest BCUT2D eigenvalue weighted by Crippen LogP contribution is 2.30. The Morgan fingerprint density at radius 1 is 1.03 bits per heavy atom. The van der Waals surface area contributed by atoms with Gasteiger partial charge in [-0.1, -0.05) is 51.3 Å². The summed E-state index contributed by atoms with van der Waals surface area (Å²) in [6, 6.07) is 13.9. The van der Waals surface area contributed by atoms with Crippen LogP contribution in [0.1, 0.15) is 16.7 Å². The van der Waals surface area contributed by atoms with E-state index in [1.54, 1.807) is 55.5 Å². The van der Waals surface area contributed by atoms with Gasteiger partial charge in [0.15, 0.2) is 6.61 Å². The third-order valence-electron chi connectivity index (χ3n) is 5.60. The molecule has 0 aromatic heterocycles. The van der Waals surface area contributed by atoms with Crippen molar-refractivity contribution >= 4 is 80.3 Å². The van der Waals surface area contributed by atoms with Crippen molar-refractivity contribution in [2.45, 2.75) is 13.8 Å². The number of ether oxygens (including phenoxy) is 1. The lowest BCUT2D eigenvalue weighted by Gasteiger charge is -2.27. The minimum absolute atomic E-state index is 0.237. The summed E-state index contributed by atoms with van der Waals surface area (Å²) in [5.74, 6) is -1.90. The fourth-order valence-electron chi connectivity index (χ4n) is 3.63. The van der Waals surface area contributed by atoms with Crippen molar-refractivity contribution in [3.63, 3.8) is 0 Å². The molecule has 2 N–H and O–H groups in total. The van der Waals surface area contributed by atoms with Crippen molar-refractivity contribution in [1.29, 1.82) is 0 Å². The number of benzene rings is 3. The van der Waals surface area contributed by atoms with Gasteiger partial charge in [0, 0.05) is 25.8 Å². The molecule has 0 unspecified atom stereocenters. The summed E-state index contributed by atoms with van der Waals surface area (Å²) < 4.78 is 6.34. The summed E-state index contributed by atoms with van der Waals surface area (Å²) in [6.07, 6.45) is 1.30. The molecule has 0 saturated carbocycles. The zero-order valence-electron chi connectivity index (χ0n) is 20.1. The Morgan fingerprint density at radius 3 is 2.50 bits per heavy atom. The number of nitrogens with one attached hydrogen (secondary N) is 2. The molecular weight excluding hydrogens is 597 g/mol. The Balaban J connectivity index is 1.59. The molecule has 1 aliphatic heterocycles. The van der Waals surface area contributed by atoms with E-state index in [-0.39, 0.29) is 23.6 Å². The van der Waals surface area contributed by atoms with Crippen molar-refractivity contribution in [1.82, 2.24) is 5.32 Å². The molecule has 38 heavy (non-hydrogen) atoms. The van der Waals surface area contributed by atoms with Gasteiger partial charge < -0.3 is 10.1 Å². The SMILES string of the molecule is Cc1ccc(NC(=O)COc2ccc(Br)cc2/C=C2\C(=O)NC(=O)N(c3cc(Cl)ccc3C)C2=O)cc1Cl. The quantitative estimate of drug-likeness (QED) is 0.259. The highest BCUT2D eigenvalue weighted by Gasteiger charge is 2.37. The van der Waals surface area contributed by atoms with Crippen LogP contribution in [-0.2, 0) is 14.4 Å². The Bertz CT molecular complexity index is 1520. The summed E-state index contributed by atoms with van der Waals surface area (Å²) in [5.41, 5.74) is 2.28. The number of amides is 5. The van der Waals surface area contributed by atoms with Crippen LogP contribution < -0.4 is 20.3 Å². The molecule has 1 aliphatic rings. The Hall–Kier alpha value is -3.66. The predicted octanol–water partition coefficient (Wildman–Crippen LogP) is 6.06. The van der Waals surface area contributed by atoms with Crippen LogP contribution >= 0.6 is 39.1 Å². The zero-order chi connectivity index (χ0) is 27.6. The smallest absolute Gasteiger partial charge is 0.335 e. The van der Waals surface area contributed by atoms with Crippen LogP contribution in [0, 0.1) is 13.8 Å². The second kappa shape index (κ2) is 11.4. The van der Waals surface area contributed by atoms with E-state index in [2.05, 4.69) is 26.6 Å². The van der Waals surface area contributed by atoms with Gasteiger partial charge in [0.2, 0.25) is 0 Å². The maximum Gasteiger partial charge on any atom is 0.335 e. The molecule has 1 fully saturated rings. The minimum Gasteiger partial charge on any atom is -0.483 e. The number of carbonyl (C=O) groups excluding carboxylic acids is 4. The van der Waals surface area contributed by atoms with Crippen LogP contribution in [0.2, 0.25) is 10.0 Å². The molecule has 3 aromatic rings. The lowest BCUT2D eigenvalue weighted by atomic mass is 10.0. The van der Waals surface area contributed by atoms with Crippen molar-refractivity contribution in [2.75, 3.05) is 16.8 Å². The number of aryl methyl sites for hydroxylation is 2. The molecule has 3 aromatic carbocycles. The molecule has 0 bridgehead atoms. The van der Waals surface area contributed by atoms with Gasteiger partial charge in [-0.2, -0.15) is 0 Å². The molecule has 0 spiro atoms. The first kappa shape index (κ1) is 27.4. The average Bonchev–Trinajstić information content (AvgIpc) is 2.85. The van der Waals surface area contributed by atoms with E-state index in [0.717, 1.165) is 10.5 Å². The number of hydrogen-bond acceptors (Lipinski definition) is 5. The maximum absolute atomic E-state index is 13.3. The first-order valence-electron chi connectivity index (χ1n) is 11.2. The van der Waals surface area contributed by atoms with E-state index in [1.807, 2.05) is 6.92 Å². The lowest BCUT2D eigenvalue weighted by molar-refractivity contribution is -0.122. The third-order valence-corrected chi connectivity index (χ3v) is 6.74. The number of imide groups is 2. The van der Waals surface area contributed by atoms with Gasteiger partial charge in [-0.15, -0.1) is 0 Å². The van der Waals surface area contributed by atoms with E-state index < -0.39 is 23.8 Å². The molecule has 194 valence electrons. The van der Waals surface area contributed by atoms with E-state index in [0.29, 0.717) is 31.3 Å². The normalized spacial score (nSPS) is 14.5. The summed E-state index contributed by atoms with van der Waals surface area (Å²) in [7, 11) is 0. The summed E-state index contributed by atoms with van der Waals surface area (Å²) in [6.45, 7) is 3.21. The van der Waals surface area contributed by atoms with Gasteiger partial charge in [0.1, 0.15) is 11.3 Å². The van der Waals surface area contributed by atoms with E-state index in [9.17, 15) is 19.2 Å². The molecule has 1 saturated heterocycles. The number of rotatable bonds is 6. The first-order chi connectivity index (χ1) is 18.0. The van der Waals surface area contributed by atoms with Crippen molar-refractivity contribution in [3.8, 4) is 5.75 Å². The maximum atomic E-state index is 13.3. The van der Waals surface area contributed by atoms with Crippen LogP contribution in [0.15, 0.2) is 64.6 Å². The zero-order valence-corrected chi connectivity index (χ0v) is 23.2. The minimum atomic E-state index is -0.888. The molecule has 11 heteroatoms. The third kappa shape index (κ3) is 6.07. The number of barbiturate groups is 1. The first-order valence-corrected chi connectivity index (χ1v) is 12.7. The van der Waals surface area contributed by atoms with Crippen LogP contribution in [0.4, 0.5) is 16.2 Å². The van der Waals surface area contributed by atoms with E-state index in [4.69, 9.17) is 27.9 Å². The fraction of sp³-hybridized carbons (Fsp3) is 0.111. The molecule has 1 heterocycles. The highest BCUT2D eigenvalue weighted by molar-refractivity contribution is 9.10.